The number of piperidine rings is 1. The van der Waals surface area contributed by atoms with Gasteiger partial charge in [-0.2, -0.15) is 5.26 Å². The first-order valence-electron chi connectivity index (χ1n) is 7.05. The van der Waals surface area contributed by atoms with Gasteiger partial charge in [0.15, 0.2) is 0 Å². The van der Waals surface area contributed by atoms with Gasteiger partial charge in [0.25, 0.3) is 0 Å². The van der Waals surface area contributed by atoms with Crippen molar-refractivity contribution in [1.29, 1.82) is 5.26 Å². The zero-order valence-electron chi connectivity index (χ0n) is 11.8. The smallest absolute Gasteiger partial charge is 0.146 e. The number of nitrogens with one attached hydrogen (secondary N) is 1. The lowest BCUT2D eigenvalue weighted by Crippen LogP contribution is -2.42. The Morgan fingerprint density at radius 1 is 1.58 bits per heavy atom. The van der Waals surface area contributed by atoms with Crippen LogP contribution >= 0.6 is 0 Å². The summed E-state index contributed by atoms with van der Waals surface area (Å²) in [4.78, 5) is 6.68. The van der Waals surface area contributed by atoms with E-state index in [1.54, 1.807) is 6.20 Å². The quantitative estimate of drug-likeness (QED) is 0.899. The molecular weight excluding hydrogens is 236 g/mol. The first kappa shape index (κ1) is 13.8. The minimum atomic E-state index is 0.351. The number of hydrogen-bond acceptors (Lipinski definition) is 4. The van der Waals surface area contributed by atoms with Crippen molar-refractivity contribution >= 4 is 5.82 Å². The largest absolute Gasteiger partial charge is 0.353 e. The fourth-order valence-electron chi connectivity index (χ4n) is 2.61. The Balaban J connectivity index is 2.17. The summed E-state index contributed by atoms with van der Waals surface area (Å²) >= 11 is 0. The molecule has 1 fully saturated rings. The second kappa shape index (κ2) is 6.53. The molecule has 2 heterocycles. The lowest BCUT2D eigenvalue weighted by Gasteiger charge is -2.34. The highest BCUT2D eigenvalue weighted by atomic mass is 15.2. The van der Waals surface area contributed by atoms with Gasteiger partial charge in [0.2, 0.25) is 0 Å². The highest BCUT2D eigenvalue weighted by Crippen LogP contribution is 2.22. The van der Waals surface area contributed by atoms with Gasteiger partial charge in [-0.1, -0.05) is 0 Å². The predicted molar refractivity (Wildman–Crippen MR) is 77.0 cm³/mol. The summed E-state index contributed by atoms with van der Waals surface area (Å²) < 4.78 is 0. The van der Waals surface area contributed by atoms with E-state index in [0.29, 0.717) is 17.5 Å². The van der Waals surface area contributed by atoms with E-state index < -0.39 is 0 Å². The van der Waals surface area contributed by atoms with Crippen LogP contribution in [-0.4, -0.2) is 30.7 Å². The van der Waals surface area contributed by atoms with Crippen LogP contribution in [-0.2, 0) is 0 Å². The van der Waals surface area contributed by atoms with Gasteiger partial charge in [-0.05, 0) is 57.8 Å². The molecule has 1 aromatic rings. The van der Waals surface area contributed by atoms with Crippen molar-refractivity contribution in [3.63, 3.8) is 0 Å². The molecule has 4 nitrogen and oxygen atoms in total. The summed E-state index contributed by atoms with van der Waals surface area (Å²) in [7, 11) is 0. The van der Waals surface area contributed by atoms with Crippen LogP contribution in [0.25, 0.3) is 0 Å². The van der Waals surface area contributed by atoms with Crippen LogP contribution in [0.3, 0.4) is 0 Å². The summed E-state index contributed by atoms with van der Waals surface area (Å²) in [6.07, 6.45) is 4.26. The van der Waals surface area contributed by atoms with Gasteiger partial charge in [-0.15, -0.1) is 0 Å². The van der Waals surface area contributed by atoms with Crippen molar-refractivity contribution < 1.29 is 0 Å². The van der Waals surface area contributed by atoms with Crippen LogP contribution in [0.5, 0.6) is 0 Å². The van der Waals surface area contributed by atoms with Gasteiger partial charge < -0.3 is 10.2 Å². The fraction of sp³-hybridized carbons (Fsp3) is 0.600. The van der Waals surface area contributed by atoms with Crippen molar-refractivity contribution in [2.75, 3.05) is 24.5 Å². The molecule has 0 aliphatic carbocycles. The molecular formula is C15H22N4. The highest BCUT2D eigenvalue weighted by Gasteiger charge is 2.21. The number of hydrogen-bond donors (Lipinski definition) is 1. The number of nitrogens with zero attached hydrogens (tertiary/aromatic N) is 3. The van der Waals surface area contributed by atoms with E-state index in [2.05, 4.69) is 35.1 Å². The molecule has 0 aromatic carbocycles. The van der Waals surface area contributed by atoms with Crippen LogP contribution in [0, 0.1) is 17.2 Å². The average Bonchev–Trinajstić information content (AvgIpc) is 2.45. The van der Waals surface area contributed by atoms with Crippen LogP contribution in [0.1, 0.15) is 32.3 Å². The van der Waals surface area contributed by atoms with Crippen LogP contribution in [0.4, 0.5) is 5.82 Å². The molecule has 1 unspecified atom stereocenters. The lowest BCUT2D eigenvalue weighted by atomic mass is 9.98. The maximum absolute atomic E-state index is 9.23. The first-order chi connectivity index (χ1) is 9.22. The Morgan fingerprint density at radius 2 is 2.42 bits per heavy atom. The van der Waals surface area contributed by atoms with E-state index in [9.17, 15) is 5.26 Å². The molecule has 1 atom stereocenters. The maximum Gasteiger partial charge on any atom is 0.146 e. The van der Waals surface area contributed by atoms with Crippen LogP contribution in [0.2, 0.25) is 0 Å². The topological polar surface area (TPSA) is 52.0 Å². The lowest BCUT2D eigenvalue weighted by molar-refractivity contribution is 0.370. The summed E-state index contributed by atoms with van der Waals surface area (Å²) in [5.41, 5.74) is 0.667. The van der Waals surface area contributed by atoms with E-state index in [-0.39, 0.29) is 0 Å². The van der Waals surface area contributed by atoms with E-state index >= 15 is 0 Å². The summed E-state index contributed by atoms with van der Waals surface area (Å²) in [6, 6.07) is 6.27. The van der Waals surface area contributed by atoms with E-state index in [0.717, 1.165) is 25.5 Å². The minimum Gasteiger partial charge on any atom is -0.353 e. The van der Waals surface area contributed by atoms with Crippen molar-refractivity contribution in [2.45, 2.75) is 32.7 Å². The van der Waals surface area contributed by atoms with Crippen LogP contribution < -0.4 is 10.2 Å². The highest BCUT2D eigenvalue weighted by molar-refractivity contribution is 5.54. The monoisotopic (exact) mass is 258 g/mol. The zero-order chi connectivity index (χ0) is 13.7. The van der Waals surface area contributed by atoms with Crippen molar-refractivity contribution in [3.05, 3.63) is 23.9 Å². The van der Waals surface area contributed by atoms with Crippen LogP contribution in [0.15, 0.2) is 18.3 Å². The summed E-state index contributed by atoms with van der Waals surface area (Å²) in [5.74, 6) is 1.47. The SMILES string of the molecule is CC(C)N(CC1CCCNC1)c1ncccc1C#N. The maximum atomic E-state index is 9.23. The Bertz CT molecular complexity index is 444. The molecule has 0 spiro atoms. The number of pyridine rings is 1. The van der Waals surface area contributed by atoms with E-state index in [1.807, 2.05) is 12.1 Å². The zero-order valence-corrected chi connectivity index (χ0v) is 11.8. The third-order valence-electron chi connectivity index (χ3n) is 3.66. The molecule has 1 saturated heterocycles. The third-order valence-corrected chi connectivity index (χ3v) is 3.66. The fourth-order valence-corrected chi connectivity index (χ4v) is 2.61. The molecule has 2 rings (SSSR count). The number of rotatable bonds is 4. The molecule has 1 aromatic heterocycles. The van der Waals surface area contributed by atoms with Gasteiger partial charge in [0.05, 0.1) is 5.56 Å². The van der Waals surface area contributed by atoms with Gasteiger partial charge in [-0.3, -0.25) is 0 Å². The summed E-state index contributed by atoms with van der Waals surface area (Å²) in [5, 5.41) is 12.7. The first-order valence-corrected chi connectivity index (χ1v) is 7.05. The third kappa shape index (κ3) is 3.45. The molecule has 0 saturated carbocycles. The minimum absolute atomic E-state index is 0.351. The molecule has 0 radical (unpaired) electrons. The van der Waals surface area contributed by atoms with Gasteiger partial charge in [0.1, 0.15) is 11.9 Å². The molecule has 0 bridgehead atoms. The van der Waals surface area contributed by atoms with Gasteiger partial charge in [0, 0.05) is 18.8 Å². The molecule has 1 aliphatic heterocycles. The van der Waals surface area contributed by atoms with Gasteiger partial charge in [-0.25, -0.2) is 4.98 Å². The number of anilines is 1. The average molecular weight is 258 g/mol. The second-order valence-electron chi connectivity index (χ2n) is 5.44. The molecule has 1 aliphatic rings. The molecule has 4 heteroatoms. The molecule has 19 heavy (non-hydrogen) atoms. The van der Waals surface area contributed by atoms with E-state index in [4.69, 9.17) is 0 Å². The summed E-state index contributed by atoms with van der Waals surface area (Å²) in [6.45, 7) is 7.48. The van der Waals surface area contributed by atoms with E-state index in [1.165, 1.54) is 12.8 Å². The number of aromatic nitrogens is 1. The Hall–Kier alpha value is -1.60. The Kier molecular flexibility index (Phi) is 4.75. The molecule has 0 amide bonds. The molecule has 102 valence electrons. The standard InChI is InChI=1S/C15H22N4/c1-12(2)19(11-13-5-3-7-17-10-13)15-14(9-16)6-4-8-18-15/h4,6,8,12-13,17H,3,5,7,10-11H2,1-2H3. The Labute approximate surface area is 115 Å². The normalized spacial score (nSPS) is 19.2. The Morgan fingerprint density at radius 3 is 3.05 bits per heavy atom. The number of nitriles is 1. The predicted octanol–water partition coefficient (Wildman–Crippen LogP) is 2.17. The van der Waals surface area contributed by atoms with Gasteiger partial charge >= 0.3 is 0 Å². The second-order valence-corrected chi connectivity index (χ2v) is 5.44. The molecule has 1 N–H and O–H groups in total. The van der Waals surface area contributed by atoms with Crippen molar-refractivity contribution in [1.82, 2.24) is 10.3 Å². The van der Waals surface area contributed by atoms with Crippen molar-refractivity contribution in [2.24, 2.45) is 5.92 Å². The van der Waals surface area contributed by atoms with Crippen molar-refractivity contribution in [3.8, 4) is 6.07 Å².